The van der Waals surface area contributed by atoms with Crippen LogP contribution >= 0.6 is 23.4 Å². The maximum Gasteiger partial charge on any atom is 0.232 e. The number of carbonyl (C=O) groups excluding carboxylic acids is 1. The summed E-state index contributed by atoms with van der Waals surface area (Å²) >= 11 is 7.44. The van der Waals surface area contributed by atoms with Crippen molar-refractivity contribution in [1.29, 1.82) is 0 Å². The van der Waals surface area contributed by atoms with Crippen molar-refractivity contribution < 1.29 is 14.1 Å². The Kier molecular flexibility index (Phi) is 6.94. The van der Waals surface area contributed by atoms with Crippen LogP contribution in [0.4, 0.5) is 4.39 Å². The lowest BCUT2D eigenvalue weighted by atomic mass is 10.2. The Morgan fingerprint density at radius 1 is 1.12 bits per heavy atom. The molecule has 1 heterocycles. The summed E-state index contributed by atoms with van der Waals surface area (Å²) in [5.41, 5.74) is 1.81. The highest BCUT2D eigenvalue weighted by Gasteiger charge is 2.23. The minimum Gasteiger partial charge on any atom is -0.331 e. The summed E-state index contributed by atoms with van der Waals surface area (Å²) in [4.78, 5) is 15.8. The summed E-state index contributed by atoms with van der Waals surface area (Å²) in [6.45, 7) is 4.49. The minimum atomic E-state index is -0.310. The van der Waals surface area contributed by atoms with Crippen LogP contribution in [0.25, 0.3) is 0 Å². The Bertz CT molecular complexity index is 716. The van der Waals surface area contributed by atoms with Gasteiger partial charge in [0.15, 0.2) is 0 Å². The molecule has 2 aromatic carbocycles. The van der Waals surface area contributed by atoms with Crippen molar-refractivity contribution in [3.05, 3.63) is 70.5 Å². The van der Waals surface area contributed by atoms with Crippen LogP contribution in [0.2, 0.25) is 5.02 Å². The highest BCUT2D eigenvalue weighted by molar-refractivity contribution is 7.99. The quantitative estimate of drug-likeness (QED) is 0.816. The number of hydrogen-bond acceptors (Lipinski definition) is 2. The monoisotopic (exact) mass is 393 g/mol. The molecule has 1 N–H and O–H groups in total. The van der Waals surface area contributed by atoms with E-state index in [0.717, 1.165) is 32.7 Å². The summed E-state index contributed by atoms with van der Waals surface area (Å²) < 4.78 is 13.8. The molecule has 0 aliphatic carbocycles. The van der Waals surface area contributed by atoms with E-state index in [-0.39, 0.29) is 11.7 Å². The van der Waals surface area contributed by atoms with Gasteiger partial charge in [0.2, 0.25) is 5.91 Å². The number of thioether (sulfide) groups is 1. The van der Waals surface area contributed by atoms with Gasteiger partial charge in [0.1, 0.15) is 12.4 Å². The van der Waals surface area contributed by atoms with Crippen LogP contribution in [-0.2, 0) is 17.1 Å². The molecule has 1 amide bonds. The Balaban J connectivity index is 1.41. The lowest BCUT2D eigenvalue weighted by Gasteiger charge is -2.32. The third kappa shape index (κ3) is 5.22. The Labute approximate surface area is 163 Å². The van der Waals surface area contributed by atoms with Gasteiger partial charge in [-0.05, 0) is 12.1 Å². The van der Waals surface area contributed by atoms with Crippen molar-refractivity contribution in [2.45, 2.75) is 12.3 Å². The van der Waals surface area contributed by atoms with E-state index in [1.165, 1.54) is 28.3 Å². The molecular weight excluding hydrogens is 371 g/mol. The molecular formula is C20H23ClFN2OS+. The number of halogens is 2. The second-order valence-electron chi connectivity index (χ2n) is 6.49. The number of piperazine rings is 1. The minimum absolute atomic E-state index is 0.126. The zero-order valence-electron chi connectivity index (χ0n) is 14.6. The molecule has 1 aliphatic heterocycles. The fraction of sp³-hybridized carbons (Fsp3) is 0.350. The van der Waals surface area contributed by atoms with Crippen molar-refractivity contribution >= 4 is 29.3 Å². The standard InChI is InChI=1S/C20H22ClFN2OS/c21-18-7-4-8-19(22)17(18)14-26-15-20(25)24-11-9-23(10-12-24)13-16-5-2-1-3-6-16/h1-8H,9-15H2/p+1. The van der Waals surface area contributed by atoms with Crippen molar-refractivity contribution in [3.63, 3.8) is 0 Å². The molecule has 0 bridgehead atoms. The van der Waals surface area contributed by atoms with Gasteiger partial charge < -0.3 is 9.80 Å². The van der Waals surface area contributed by atoms with E-state index in [9.17, 15) is 9.18 Å². The lowest BCUT2D eigenvalue weighted by Crippen LogP contribution is -3.13. The summed E-state index contributed by atoms with van der Waals surface area (Å²) in [5, 5.41) is 0.420. The first-order chi connectivity index (χ1) is 12.6. The molecule has 0 atom stereocenters. The van der Waals surface area contributed by atoms with Crippen LogP contribution in [0.3, 0.4) is 0 Å². The number of quaternary nitrogens is 1. The third-order valence-corrected chi connectivity index (χ3v) is 5.95. The van der Waals surface area contributed by atoms with E-state index in [0.29, 0.717) is 22.1 Å². The van der Waals surface area contributed by atoms with Gasteiger partial charge in [0.05, 0.1) is 31.9 Å². The maximum atomic E-state index is 13.8. The molecule has 6 heteroatoms. The van der Waals surface area contributed by atoms with Gasteiger partial charge >= 0.3 is 0 Å². The number of amides is 1. The second-order valence-corrected chi connectivity index (χ2v) is 7.88. The fourth-order valence-corrected chi connectivity index (χ4v) is 4.40. The van der Waals surface area contributed by atoms with E-state index < -0.39 is 0 Å². The highest BCUT2D eigenvalue weighted by Crippen LogP contribution is 2.24. The van der Waals surface area contributed by atoms with Gasteiger partial charge in [-0.15, -0.1) is 11.8 Å². The summed E-state index contributed by atoms with van der Waals surface area (Å²) in [6, 6.07) is 15.1. The van der Waals surface area contributed by atoms with E-state index in [2.05, 4.69) is 24.3 Å². The van der Waals surface area contributed by atoms with Crippen LogP contribution in [-0.4, -0.2) is 42.7 Å². The van der Waals surface area contributed by atoms with Crippen LogP contribution in [0.15, 0.2) is 48.5 Å². The smallest absolute Gasteiger partial charge is 0.232 e. The summed E-state index contributed by atoms with van der Waals surface area (Å²) in [5.74, 6) is 0.589. The summed E-state index contributed by atoms with van der Waals surface area (Å²) in [7, 11) is 0. The van der Waals surface area contributed by atoms with Crippen molar-refractivity contribution in [2.24, 2.45) is 0 Å². The van der Waals surface area contributed by atoms with E-state index >= 15 is 0 Å². The molecule has 138 valence electrons. The Hall–Kier alpha value is -1.56. The first kappa shape index (κ1) is 19.2. The molecule has 0 unspecified atom stereocenters. The molecule has 1 aliphatic rings. The average Bonchev–Trinajstić information content (AvgIpc) is 2.65. The Morgan fingerprint density at radius 2 is 1.85 bits per heavy atom. The fourth-order valence-electron chi connectivity index (χ4n) is 3.14. The zero-order chi connectivity index (χ0) is 18.4. The number of nitrogens with one attached hydrogen (secondary N) is 1. The van der Waals surface area contributed by atoms with E-state index in [4.69, 9.17) is 11.6 Å². The van der Waals surface area contributed by atoms with Gasteiger partial charge in [-0.3, -0.25) is 4.79 Å². The maximum absolute atomic E-state index is 13.8. The van der Waals surface area contributed by atoms with Crippen LogP contribution in [0.1, 0.15) is 11.1 Å². The van der Waals surface area contributed by atoms with Gasteiger partial charge in [-0.25, -0.2) is 4.39 Å². The highest BCUT2D eigenvalue weighted by atomic mass is 35.5. The molecule has 1 fully saturated rings. The topological polar surface area (TPSA) is 24.8 Å². The normalized spacial score (nSPS) is 15.2. The number of rotatable bonds is 6. The molecule has 26 heavy (non-hydrogen) atoms. The van der Waals surface area contributed by atoms with Crippen molar-refractivity contribution in [2.75, 3.05) is 31.9 Å². The number of carbonyl (C=O) groups is 1. The number of benzene rings is 2. The van der Waals surface area contributed by atoms with E-state index in [1.54, 1.807) is 12.1 Å². The van der Waals surface area contributed by atoms with Crippen LogP contribution in [0, 0.1) is 5.82 Å². The first-order valence-corrected chi connectivity index (χ1v) is 10.3. The molecule has 0 saturated carbocycles. The number of nitrogens with zero attached hydrogens (tertiary/aromatic N) is 1. The first-order valence-electron chi connectivity index (χ1n) is 8.79. The zero-order valence-corrected chi connectivity index (χ0v) is 16.2. The average molecular weight is 394 g/mol. The van der Waals surface area contributed by atoms with E-state index in [1.807, 2.05) is 11.0 Å². The molecule has 1 saturated heterocycles. The van der Waals surface area contributed by atoms with Gasteiger partial charge in [-0.1, -0.05) is 48.0 Å². The van der Waals surface area contributed by atoms with Gasteiger partial charge in [0, 0.05) is 21.9 Å². The molecule has 2 aromatic rings. The third-order valence-electron chi connectivity index (χ3n) is 4.65. The summed E-state index contributed by atoms with van der Waals surface area (Å²) in [6.07, 6.45) is 0. The van der Waals surface area contributed by atoms with Crippen LogP contribution < -0.4 is 4.90 Å². The second kappa shape index (κ2) is 9.40. The van der Waals surface area contributed by atoms with Gasteiger partial charge in [-0.2, -0.15) is 0 Å². The molecule has 3 nitrogen and oxygen atoms in total. The lowest BCUT2D eigenvalue weighted by molar-refractivity contribution is -0.917. The molecule has 0 spiro atoms. The molecule has 0 aromatic heterocycles. The number of hydrogen-bond donors (Lipinski definition) is 1. The van der Waals surface area contributed by atoms with Crippen molar-refractivity contribution in [3.8, 4) is 0 Å². The SMILES string of the molecule is O=C(CSCc1c(F)cccc1Cl)N1CC[NH+](Cc2ccccc2)CC1. The molecule has 3 rings (SSSR count). The van der Waals surface area contributed by atoms with Crippen molar-refractivity contribution in [1.82, 2.24) is 4.90 Å². The predicted octanol–water partition coefficient (Wildman–Crippen LogP) is 2.64. The molecule has 0 radical (unpaired) electrons. The predicted molar refractivity (Wildman–Crippen MR) is 105 cm³/mol. The van der Waals surface area contributed by atoms with Crippen LogP contribution in [0.5, 0.6) is 0 Å². The largest absolute Gasteiger partial charge is 0.331 e. The van der Waals surface area contributed by atoms with Gasteiger partial charge in [0.25, 0.3) is 0 Å². The Morgan fingerprint density at radius 3 is 2.54 bits per heavy atom.